The molecule has 2 aliphatic heterocycles. The van der Waals surface area contributed by atoms with Crippen LogP contribution in [0.5, 0.6) is 0 Å². The zero-order chi connectivity index (χ0) is 58.6. The van der Waals surface area contributed by atoms with Crippen molar-refractivity contribution < 1.29 is 8.83 Å². The van der Waals surface area contributed by atoms with Crippen LogP contribution in [0.1, 0.15) is 44.9 Å². The van der Waals surface area contributed by atoms with Crippen LogP contribution >= 0.6 is 22.7 Å². The highest BCUT2D eigenvalue weighted by Gasteiger charge is 2.64. The minimum absolute atomic E-state index is 0.730. The molecule has 0 radical (unpaired) electrons. The fourth-order valence-corrected chi connectivity index (χ4v) is 18.8. The van der Waals surface area contributed by atoms with Crippen LogP contribution in [0.2, 0.25) is 0 Å². The molecule has 1 aliphatic carbocycles. The first-order valence-electron chi connectivity index (χ1n) is 30.7. The van der Waals surface area contributed by atoms with Crippen molar-refractivity contribution in [3.63, 3.8) is 0 Å². The predicted octanol–water partition coefficient (Wildman–Crippen LogP) is 22.4. The summed E-state index contributed by atoms with van der Waals surface area (Å²) in [6.07, 6.45) is 0. The number of anilines is 6. The zero-order valence-electron chi connectivity index (χ0n) is 48.1. The first-order chi connectivity index (χ1) is 44.7. The first-order valence-corrected chi connectivity index (χ1v) is 32.4. The van der Waals surface area contributed by atoms with Gasteiger partial charge in [0.2, 0.25) is 11.8 Å². The van der Waals surface area contributed by atoms with Crippen LogP contribution in [0, 0.1) is 0 Å². The van der Waals surface area contributed by atoms with E-state index in [0.717, 1.165) is 124 Å². The van der Waals surface area contributed by atoms with Gasteiger partial charge in [-0.3, -0.25) is 9.13 Å². The van der Waals surface area contributed by atoms with Gasteiger partial charge >= 0.3 is 0 Å². The molecule has 6 nitrogen and oxygen atoms in total. The minimum atomic E-state index is -1.14. The number of furan rings is 2. The molecule has 21 rings (SSSR count). The van der Waals surface area contributed by atoms with E-state index in [0.29, 0.717) is 0 Å². The fourth-order valence-electron chi connectivity index (χ4n) is 16.6. The smallest absolute Gasteiger partial charge is 0.205 e. The average Bonchev–Trinajstić information content (AvgIpc) is 1.24. The monoisotopic (exact) mass is 1180 g/mol. The molecular weight excluding hydrogens is 1140 g/mol. The maximum atomic E-state index is 8.50. The van der Waals surface area contributed by atoms with Crippen LogP contribution in [0.25, 0.3) is 95.7 Å². The molecule has 0 bridgehead atoms. The number of nitrogens with zero attached hydrogens (tertiary/aromatic N) is 4. The van der Waals surface area contributed by atoms with Crippen LogP contribution in [0.4, 0.5) is 34.1 Å². The van der Waals surface area contributed by atoms with E-state index in [1.807, 2.05) is 22.7 Å². The third kappa shape index (κ3) is 6.03. The van der Waals surface area contributed by atoms with Crippen molar-refractivity contribution in [3.05, 3.63) is 336 Å². The third-order valence-corrected chi connectivity index (χ3v) is 22.2. The molecule has 0 amide bonds. The first kappa shape index (κ1) is 48.9. The van der Waals surface area contributed by atoms with Crippen LogP contribution in [-0.2, 0) is 10.8 Å². The summed E-state index contributed by atoms with van der Waals surface area (Å²) in [7, 11) is 0. The number of aromatic nitrogens is 2. The molecule has 12 aromatic carbocycles. The number of hydrogen-bond donors (Lipinski definition) is 0. The number of thiophene rings is 2. The lowest BCUT2D eigenvalue weighted by molar-refractivity contribution is 0.388. The summed E-state index contributed by atoms with van der Waals surface area (Å²) in [5.41, 5.74) is 14.8. The Kier molecular flexibility index (Phi) is 9.65. The van der Waals surface area contributed by atoms with Gasteiger partial charge in [-0.2, -0.15) is 0 Å². The van der Waals surface area contributed by atoms with Gasteiger partial charge in [-0.05, 0) is 107 Å². The average molecular weight is 1190 g/mol. The second-order valence-electron chi connectivity index (χ2n) is 24.1. The number of para-hydroxylation sites is 8. The topological polar surface area (TPSA) is 42.6 Å². The van der Waals surface area contributed by atoms with Crippen LogP contribution in [-0.4, -0.2) is 9.13 Å². The summed E-state index contributed by atoms with van der Waals surface area (Å²) in [4.78, 5) is 4.90. The molecule has 420 valence electrons. The van der Waals surface area contributed by atoms with Crippen molar-refractivity contribution in [1.29, 1.82) is 0 Å². The summed E-state index contributed by atoms with van der Waals surface area (Å²) < 4.78 is 26.9. The van der Waals surface area contributed by atoms with E-state index in [2.05, 4.69) is 310 Å². The second kappa shape index (κ2) is 17.8. The summed E-state index contributed by atoms with van der Waals surface area (Å²) in [5.74, 6) is 3.13. The van der Waals surface area contributed by atoms with E-state index in [-0.39, 0.29) is 0 Å². The van der Waals surface area contributed by atoms with E-state index in [1.165, 1.54) is 51.1 Å². The van der Waals surface area contributed by atoms with E-state index < -0.39 is 10.8 Å². The molecule has 3 aliphatic rings. The Morgan fingerprint density at radius 2 is 0.600 bits per heavy atom. The van der Waals surface area contributed by atoms with E-state index in [4.69, 9.17) is 8.83 Å². The molecule has 8 heterocycles. The SMILES string of the molecule is c1ccc(N2c3ccccc3C3(c4ccccc42)c2cc(-n4c5ccccc5c5ccc6sc7ccccc7c6c54)oc2C2(c4ccccc4N(c4ccccc4)c4ccccc42)c2cc(-n4c5ccccc5c5ccc6sc7ccccc7c6c54)oc23)cc1. The lowest BCUT2D eigenvalue weighted by Gasteiger charge is -2.51. The molecule has 2 spiro atoms. The van der Waals surface area contributed by atoms with Crippen molar-refractivity contribution in [2.75, 3.05) is 9.80 Å². The van der Waals surface area contributed by atoms with Gasteiger partial charge in [0.25, 0.3) is 0 Å². The largest absolute Gasteiger partial charge is 0.443 e. The standard InChI is InChI=1S/C82H48N4O2S2/c1-3-23-49(24-4-1)83-65-37-17-11-31-57(65)81(58-32-12-18-38-66(58)83)61-47-73(85-63-35-15-7-27-51(63)53-43-45-71-75(77(53)85)55-29-9-21-41-69(55)89-71)88-80(61)82(59-33-13-19-39-67(59)84(50-25-5-2-6-26-50)68-40-20-14-34-60(68)82)62-48-74(87-79(62)81)86-64-36-16-8-28-52(64)54-44-46-72-76(78(54)86)56-30-10-22-42-70(56)90-72/h1-48H. The Morgan fingerprint density at radius 3 is 1.00 bits per heavy atom. The predicted molar refractivity (Wildman–Crippen MR) is 372 cm³/mol. The summed E-state index contributed by atoms with van der Waals surface area (Å²) in [5, 5.41) is 9.58. The van der Waals surface area contributed by atoms with Gasteiger partial charge in [-0.1, -0.05) is 194 Å². The molecule has 90 heavy (non-hydrogen) atoms. The maximum Gasteiger partial charge on any atom is 0.205 e. The number of hydrogen-bond acceptors (Lipinski definition) is 6. The molecule has 0 saturated carbocycles. The molecule has 6 aromatic heterocycles. The number of rotatable bonds is 4. The summed E-state index contributed by atoms with van der Waals surface area (Å²) in [6.45, 7) is 0. The second-order valence-corrected chi connectivity index (χ2v) is 26.3. The Labute approximate surface area is 523 Å². The highest BCUT2D eigenvalue weighted by atomic mass is 32.1. The van der Waals surface area contributed by atoms with Crippen molar-refractivity contribution >= 4 is 141 Å². The van der Waals surface area contributed by atoms with Gasteiger partial charge in [0.15, 0.2) is 0 Å². The lowest BCUT2D eigenvalue weighted by Crippen LogP contribution is -2.48. The van der Waals surface area contributed by atoms with Crippen LogP contribution in [0.15, 0.2) is 300 Å². The van der Waals surface area contributed by atoms with Gasteiger partial charge in [0.1, 0.15) is 22.4 Å². The van der Waals surface area contributed by atoms with E-state index in [9.17, 15) is 0 Å². The lowest BCUT2D eigenvalue weighted by atomic mass is 9.53. The van der Waals surface area contributed by atoms with Gasteiger partial charge in [-0.25, -0.2) is 0 Å². The van der Waals surface area contributed by atoms with Crippen molar-refractivity contribution in [2.45, 2.75) is 10.8 Å². The maximum absolute atomic E-state index is 8.50. The minimum Gasteiger partial charge on any atom is -0.443 e. The normalized spacial score (nSPS) is 14.4. The van der Waals surface area contributed by atoms with Gasteiger partial charge in [0.05, 0.1) is 44.8 Å². The highest BCUT2D eigenvalue weighted by Crippen LogP contribution is 2.70. The quantitative estimate of drug-likeness (QED) is 0.176. The number of benzene rings is 12. The molecule has 8 heteroatoms. The molecule has 0 saturated heterocycles. The summed E-state index contributed by atoms with van der Waals surface area (Å²) in [6, 6.07) is 107. The highest BCUT2D eigenvalue weighted by molar-refractivity contribution is 7.26. The summed E-state index contributed by atoms with van der Waals surface area (Å²) >= 11 is 3.69. The van der Waals surface area contributed by atoms with Crippen molar-refractivity contribution in [3.8, 4) is 11.8 Å². The van der Waals surface area contributed by atoms with Gasteiger partial charge in [0, 0.05) is 96.5 Å². The van der Waals surface area contributed by atoms with Gasteiger partial charge < -0.3 is 18.6 Å². The van der Waals surface area contributed by atoms with E-state index >= 15 is 0 Å². The molecule has 18 aromatic rings. The van der Waals surface area contributed by atoms with Crippen LogP contribution < -0.4 is 9.80 Å². The Hall–Kier alpha value is -11.2. The fraction of sp³-hybridized carbons (Fsp3) is 0.0244. The third-order valence-electron chi connectivity index (χ3n) is 19.9. The Morgan fingerprint density at radius 1 is 0.267 bits per heavy atom. The molecule has 0 fully saturated rings. The Balaban J connectivity index is 0.986. The van der Waals surface area contributed by atoms with Crippen molar-refractivity contribution in [1.82, 2.24) is 9.13 Å². The van der Waals surface area contributed by atoms with Crippen LogP contribution in [0.3, 0.4) is 0 Å². The van der Waals surface area contributed by atoms with E-state index in [1.54, 1.807) is 0 Å². The molecule has 0 atom stereocenters. The molecule has 0 N–H and O–H groups in total. The zero-order valence-corrected chi connectivity index (χ0v) is 49.8. The Bertz CT molecular complexity index is 5580. The number of fused-ring (bicyclic) bond motifs is 28. The molecular formula is C82H48N4O2S2. The molecule has 0 unspecified atom stereocenters. The van der Waals surface area contributed by atoms with Crippen molar-refractivity contribution in [2.24, 2.45) is 0 Å². The van der Waals surface area contributed by atoms with Gasteiger partial charge in [-0.15, -0.1) is 22.7 Å².